The van der Waals surface area contributed by atoms with Crippen LogP contribution in [0.25, 0.3) is 0 Å². The number of ether oxygens (including phenoxy) is 1. The summed E-state index contributed by atoms with van der Waals surface area (Å²) in [4.78, 5) is 24.2. The van der Waals surface area contributed by atoms with Gasteiger partial charge in [0.2, 0.25) is 0 Å². The molecule has 4 fully saturated rings. The van der Waals surface area contributed by atoms with Crippen molar-refractivity contribution in [3.8, 4) is 0 Å². The molecule has 4 bridgehead atoms. The fourth-order valence-corrected chi connectivity index (χ4v) is 7.02. The van der Waals surface area contributed by atoms with Crippen LogP contribution < -0.4 is 5.32 Å². The lowest BCUT2D eigenvalue weighted by Crippen LogP contribution is -2.53. The van der Waals surface area contributed by atoms with Crippen molar-refractivity contribution in [2.75, 3.05) is 6.61 Å². The highest BCUT2D eigenvalue weighted by Gasteiger charge is 2.57. The number of alkyl halides is 1. The lowest BCUT2D eigenvalue weighted by molar-refractivity contribution is -0.154. The van der Waals surface area contributed by atoms with E-state index in [1.54, 1.807) is 0 Å². The molecule has 0 heterocycles. The minimum Gasteiger partial charge on any atom is -0.456 e. The number of nitrogens with one attached hydrogen (secondary N) is 1. The Kier molecular flexibility index (Phi) is 5.03. The van der Waals surface area contributed by atoms with E-state index in [0.29, 0.717) is 12.3 Å². The summed E-state index contributed by atoms with van der Waals surface area (Å²) in [5, 5.41) is 2.88. The van der Waals surface area contributed by atoms with Gasteiger partial charge in [-0.05, 0) is 68.6 Å². The second-order valence-corrected chi connectivity index (χ2v) is 10.7. The van der Waals surface area contributed by atoms with Crippen molar-refractivity contribution in [3.05, 3.63) is 0 Å². The van der Waals surface area contributed by atoms with E-state index >= 15 is 0 Å². The van der Waals surface area contributed by atoms with Gasteiger partial charge in [-0.15, -0.1) is 0 Å². The van der Waals surface area contributed by atoms with Crippen molar-refractivity contribution < 1.29 is 14.3 Å². The van der Waals surface area contributed by atoms with Crippen LogP contribution in [0.3, 0.4) is 0 Å². The van der Waals surface area contributed by atoms with E-state index < -0.39 is 0 Å². The molecule has 5 heteroatoms. The van der Waals surface area contributed by atoms with Crippen LogP contribution in [-0.2, 0) is 14.3 Å². The van der Waals surface area contributed by atoms with Gasteiger partial charge in [0.25, 0.3) is 5.91 Å². The number of halogens is 1. The van der Waals surface area contributed by atoms with Gasteiger partial charge in [0.15, 0.2) is 6.61 Å². The standard InChI is InChI=1S/C19H30BrNO3/c1-12(2)13(3)21-16(22)10-24-17(23)9-18-5-14-4-15(6-18)8-19(20,7-14)11-18/h12-15H,4-11H2,1-3H3,(H,21,22)/t13-,14+,15+,18?,19?/m1/s1. The van der Waals surface area contributed by atoms with Gasteiger partial charge < -0.3 is 10.1 Å². The molecule has 0 spiro atoms. The third-order valence-electron chi connectivity index (χ3n) is 6.38. The van der Waals surface area contributed by atoms with Crippen LogP contribution >= 0.6 is 15.9 Å². The molecule has 0 radical (unpaired) electrons. The first kappa shape index (κ1) is 18.2. The van der Waals surface area contributed by atoms with E-state index in [1.807, 2.05) is 6.92 Å². The van der Waals surface area contributed by atoms with E-state index in [4.69, 9.17) is 4.74 Å². The van der Waals surface area contributed by atoms with Gasteiger partial charge in [-0.1, -0.05) is 29.8 Å². The molecule has 0 saturated heterocycles. The summed E-state index contributed by atoms with van der Waals surface area (Å²) in [6.07, 6.45) is 7.72. The van der Waals surface area contributed by atoms with Gasteiger partial charge in [0.1, 0.15) is 0 Å². The van der Waals surface area contributed by atoms with Crippen LogP contribution in [0.1, 0.15) is 65.7 Å². The predicted molar refractivity (Wildman–Crippen MR) is 96.8 cm³/mol. The third kappa shape index (κ3) is 3.97. The van der Waals surface area contributed by atoms with E-state index in [1.165, 1.54) is 19.3 Å². The number of hydrogen-bond donors (Lipinski definition) is 1. The summed E-state index contributed by atoms with van der Waals surface area (Å²) in [5.41, 5.74) is 0.104. The van der Waals surface area contributed by atoms with Crippen LogP contribution in [0.15, 0.2) is 0 Å². The predicted octanol–water partition coefficient (Wildman–Crippen LogP) is 3.81. The SMILES string of the molecule is CC(C)[C@@H](C)NC(=O)COC(=O)CC12C[C@@H]3C[C@H](CC(Br)(C3)C1)C2. The molecule has 1 amide bonds. The molecule has 4 aliphatic rings. The van der Waals surface area contributed by atoms with Crippen LogP contribution in [0.4, 0.5) is 0 Å². The van der Waals surface area contributed by atoms with Crippen LogP contribution in [0.2, 0.25) is 0 Å². The maximum Gasteiger partial charge on any atom is 0.306 e. The third-order valence-corrected chi connectivity index (χ3v) is 7.31. The normalized spacial score (nSPS) is 38.2. The average Bonchev–Trinajstić information content (AvgIpc) is 2.41. The molecule has 136 valence electrons. The molecule has 1 N–H and O–H groups in total. The number of carbonyl (C=O) groups is 2. The molecular weight excluding hydrogens is 370 g/mol. The van der Waals surface area contributed by atoms with Crippen molar-refractivity contribution >= 4 is 27.8 Å². The summed E-state index contributed by atoms with van der Waals surface area (Å²) in [6.45, 7) is 5.92. The minimum absolute atomic E-state index is 0.0904. The number of amides is 1. The fourth-order valence-electron chi connectivity index (χ4n) is 5.51. The highest BCUT2D eigenvalue weighted by molar-refractivity contribution is 9.10. The molecule has 0 unspecified atom stereocenters. The Bertz CT molecular complexity index is 505. The van der Waals surface area contributed by atoms with Gasteiger partial charge in [0, 0.05) is 10.4 Å². The van der Waals surface area contributed by atoms with Crippen molar-refractivity contribution in [3.63, 3.8) is 0 Å². The molecule has 0 aromatic heterocycles. The Morgan fingerprint density at radius 2 is 1.79 bits per heavy atom. The Balaban J connectivity index is 1.50. The number of rotatable bonds is 6. The molecule has 4 rings (SSSR count). The summed E-state index contributed by atoms with van der Waals surface area (Å²) in [6, 6.07) is 0.0904. The molecule has 4 aliphatic carbocycles. The number of carbonyl (C=O) groups excluding carboxylic acids is 2. The van der Waals surface area contributed by atoms with Crippen molar-refractivity contribution in [1.29, 1.82) is 0 Å². The molecule has 3 atom stereocenters. The van der Waals surface area contributed by atoms with Crippen LogP contribution in [-0.4, -0.2) is 28.8 Å². The monoisotopic (exact) mass is 399 g/mol. The highest BCUT2D eigenvalue weighted by atomic mass is 79.9. The van der Waals surface area contributed by atoms with E-state index in [0.717, 1.165) is 31.1 Å². The summed E-state index contributed by atoms with van der Waals surface area (Å²) in [5.74, 6) is 1.47. The minimum atomic E-state index is -0.208. The lowest BCUT2D eigenvalue weighted by Gasteiger charge is -2.60. The topological polar surface area (TPSA) is 55.4 Å². The smallest absolute Gasteiger partial charge is 0.306 e. The van der Waals surface area contributed by atoms with Gasteiger partial charge >= 0.3 is 5.97 Å². The maximum absolute atomic E-state index is 12.3. The van der Waals surface area contributed by atoms with Gasteiger partial charge in [0.05, 0.1) is 6.42 Å². The lowest BCUT2D eigenvalue weighted by atomic mass is 9.49. The van der Waals surface area contributed by atoms with E-state index in [2.05, 4.69) is 35.1 Å². The quantitative estimate of drug-likeness (QED) is 0.545. The molecule has 4 saturated carbocycles. The fraction of sp³-hybridized carbons (Fsp3) is 0.895. The Morgan fingerprint density at radius 1 is 1.17 bits per heavy atom. The second kappa shape index (κ2) is 6.62. The molecule has 4 nitrogen and oxygen atoms in total. The first-order valence-electron chi connectivity index (χ1n) is 9.33. The van der Waals surface area contributed by atoms with E-state index in [-0.39, 0.29) is 34.3 Å². The molecular formula is C19H30BrNO3. The van der Waals surface area contributed by atoms with Gasteiger partial charge in [-0.3, -0.25) is 9.59 Å². The first-order valence-corrected chi connectivity index (χ1v) is 10.1. The maximum atomic E-state index is 12.3. The van der Waals surface area contributed by atoms with Crippen LogP contribution in [0.5, 0.6) is 0 Å². The highest BCUT2D eigenvalue weighted by Crippen LogP contribution is 2.65. The summed E-state index contributed by atoms with van der Waals surface area (Å²) < 4.78 is 5.54. The van der Waals surface area contributed by atoms with Gasteiger partial charge in [-0.25, -0.2) is 0 Å². The second-order valence-electron chi connectivity index (χ2n) is 9.05. The molecule has 24 heavy (non-hydrogen) atoms. The Labute approximate surface area is 153 Å². The Morgan fingerprint density at radius 3 is 2.33 bits per heavy atom. The largest absolute Gasteiger partial charge is 0.456 e. The van der Waals surface area contributed by atoms with E-state index in [9.17, 15) is 9.59 Å². The molecule has 0 aliphatic heterocycles. The summed E-state index contributed by atoms with van der Waals surface area (Å²) in [7, 11) is 0. The summed E-state index contributed by atoms with van der Waals surface area (Å²) >= 11 is 3.97. The van der Waals surface area contributed by atoms with Crippen molar-refractivity contribution in [2.45, 2.75) is 76.1 Å². The van der Waals surface area contributed by atoms with Gasteiger partial charge in [-0.2, -0.15) is 0 Å². The van der Waals surface area contributed by atoms with Crippen molar-refractivity contribution in [2.24, 2.45) is 23.2 Å². The zero-order chi connectivity index (χ0) is 17.5. The average molecular weight is 400 g/mol. The van der Waals surface area contributed by atoms with Crippen LogP contribution in [0, 0.1) is 23.2 Å². The number of esters is 1. The van der Waals surface area contributed by atoms with Crippen molar-refractivity contribution in [1.82, 2.24) is 5.32 Å². The Hall–Kier alpha value is -0.580. The zero-order valence-electron chi connectivity index (χ0n) is 15.1. The molecule has 0 aromatic carbocycles. The number of hydrogen-bond acceptors (Lipinski definition) is 3. The first-order chi connectivity index (χ1) is 11.2. The zero-order valence-corrected chi connectivity index (χ0v) is 16.7. The molecule has 0 aromatic rings.